The van der Waals surface area contributed by atoms with Gasteiger partial charge in [-0.3, -0.25) is 0 Å². The van der Waals surface area contributed by atoms with Gasteiger partial charge in [-0.1, -0.05) is 120 Å². The predicted molar refractivity (Wildman–Crippen MR) is 169 cm³/mol. The fourth-order valence-electron chi connectivity index (χ4n) is 5.91. The summed E-state index contributed by atoms with van der Waals surface area (Å²) >= 11 is 0. The van der Waals surface area contributed by atoms with E-state index in [0.29, 0.717) is 0 Å². The van der Waals surface area contributed by atoms with E-state index in [1.807, 2.05) is 0 Å². The molecule has 5 aromatic carbocycles. The summed E-state index contributed by atoms with van der Waals surface area (Å²) in [6.45, 7) is 13.9. The van der Waals surface area contributed by atoms with E-state index in [2.05, 4.69) is 161 Å². The van der Waals surface area contributed by atoms with E-state index in [1.165, 1.54) is 60.9 Å². The molecule has 0 aliphatic heterocycles. The molecule has 1 heterocycles. The number of hydrogen-bond donors (Lipinski definition) is 0. The quantitative estimate of drug-likeness (QED) is 0.210. The van der Waals surface area contributed by atoms with Crippen molar-refractivity contribution in [3.63, 3.8) is 0 Å². The molecule has 1 nitrogen and oxygen atoms in total. The lowest BCUT2D eigenvalue weighted by Gasteiger charge is -2.27. The molecular formula is C38H37N. The van der Waals surface area contributed by atoms with Gasteiger partial charge in [0, 0.05) is 5.69 Å². The van der Waals surface area contributed by atoms with Gasteiger partial charge in [0.15, 0.2) is 0 Å². The zero-order chi connectivity index (χ0) is 27.4. The Kier molecular flexibility index (Phi) is 5.99. The number of hydrogen-bond acceptors (Lipinski definition) is 0. The molecule has 6 rings (SSSR count). The molecular weight excluding hydrogens is 470 g/mol. The summed E-state index contributed by atoms with van der Waals surface area (Å²) in [4.78, 5) is 0. The van der Waals surface area contributed by atoms with Crippen LogP contribution in [0.4, 0.5) is 0 Å². The third-order valence-electron chi connectivity index (χ3n) is 7.85. The molecule has 0 saturated heterocycles. The highest BCUT2D eigenvalue weighted by Gasteiger charge is 2.23. The summed E-state index contributed by atoms with van der Waals surface area (Å²) in [5.41, 5.74) is 8.91. The third kappa shape index (κ3) is 4.57. The smallest absolute Gasteiger partial charge is 0.0535 e. The Balaban J connectivity index is 1.63. The fourth-order valence-corrected chi connectivity index (χ4v) is 5.91. The second kappa shape index (κ2) is 9.27. The summed E-state index contributed by atoms with van der Waals surface area (Å²) in [6.07, 6.45) is 0. The number of benzene rings is 5. The van der Waals surface area contributed by atoms with Crippen molar-refractivity contribution in [2.75, 3.05) is 0 Å². The van der Waals surface area contributed by atoms with Gasteiger partial charge >= 0.3 is 0 Å². The van der Waals surface area contributed by atoms with Crippen LogP contribution in [0.3, 0.4) is 0 Å². The topological polar surface area (TPSA) is 4.93 Å². The molecule has 6 aromatic rings. The molecule has 39 heavy (non-hydrogen) atoms. The molecule has 0 aliphatic carbocycles. The van der Waals surface area contributed by atoms with Gasteiger partial charge in [-0.25, -0.2) is 0 Å². The van der Waals surface area contributed by atoms with Crippen LogP contribution in [-0.4, -0.2) is 4.57 Å². The predicted octanol–water partition coefficient (Wildman–Crippen LogP) is 10.7. The summed E-state index contributed by atoms with van der Waals surface area (Å²) < 4.78 is 2.41. The molecule has 1 aromatic heterocycles. The van der Waals surface area contributed by atoms with E-state index in [1.54, 1.807) is 0 Å². The van der Waals surface area contributed by atoms with E-state index >= 15 is 0 Å². The molecule has 1 heteroatoms. The van der Waals surface area contributed by atoms with Gasteiger partial charge in [-0.15, -0.1) is 0 Å². The first kappa shape index (κ1) is 25.2. The molecule has 0 aliphatic rings. The molecule has 0 spiro atoms. The van der Waals surface area contributed by atoms with Gasteiger partial charge in [0.2, 0.25) is 0 Å². The van der Waals surface area contributed by atoms with Gasteiger partial charge in [-0.2, -0.15) is 0 Å². The molecule has 194 valence electrons. The Morgan fingerprint density at radius 3 is 1.36 bits per heavy atom. The lowest BCUT2D eigenvalue weighted by molar-refractivity contribution is 0.585. The van der Waals surface area contributed by atoms with Crippen LogP contribution < -0.4 is 0 Å². The van der Waals surface area contributed by atoms with E-state index < -0.39 is 0 Å². The lowest BCUT2D eigenvalue weighted by Crippen LogP contribution is -2.16. The average Bonchev–Trinajstić information content (AvgIpc) is 3.36. The standard InChI is InChI=1S/C38H37N/c1-37(2,3)33-19-20-34(38(4,5)6)32-25-29-23-30(18-17-28(29)24-31(32)33)39-35(26-13-9-7-10-14-26)21-22-36(39)27-15-11-8-12-16-27/h7-25H,1-6H3. The van der Waals surface area contributed by atoms with Crippen LogP contribution in [-0.2, 0) is 10.8 Å². The van der Waals surface area contributed by atoms with Crippen molar-refractivity contribution in [3.8, 4) is 28.2 Å². The molecule has 0 unspecified atom stereocenters. The monoisotopic (exact) mass is 507 g/mol. The summed E-state index contributed by atoms with van der Waals surface area (Å²) in [5, 5.41) is 5.27. The maximum atomic E-state index is 2.43. The molecule has 0 saturated carbocycles. The van der Waals surface area contributed by atoms with Crippen LogP contribution in [0, 0.1) is 0 Å². The number of nitrogens with zero attached hydrogens (tertiary/aromatic N) is 1. The van der Waals surface area contributed by atoms with E-state index in [9.17, 15) is 0 Å². The summed E-state index contributed by atoms with van der Waals surface area (Å²) in [5.74, 6) is 0. The molecule has 0 bridgehead atoms. The van der Waals surface area contributed by atoms with Gasteiger partial charge in [0.1, 0.15) is 0 Å². The van der Waals surface area contributed by atoms with Gasteiger partial charge in [-0.05, 0) is 91.0 Å². The Hall–Kier alpha value is -4.10. The van der Waals surface area contributed by atoms with Gasteiger partial charge < -0.3 is 4.57 Å². The Morgan fingerprint density at radius 1 is 0.436 bits per heavy atom. The van der Waals surface area contributed by atoms with E-state index in [-0.39, 0.29) is 10.8 Å². The highest BCUT2D eigenvalue weighted by molar-refractivity contribution is 6.02. The minimum Gasteiger partial charge on any atom is -0.309 e. The van der Waals surface area contributed by atoms with Crippen LogP contribution in [0.1, 0.15) is 52.7 Å². The van der Waals surface area contributed by atoms with Crippen molar-refractivity contribution in [2.45, 2.75) is 52.4 Å². The van der Waals surface area contributed by atoms with Crippen LogP contribution in [0.5, 0.6) is 0 Å². The number of aromatic nitrogens is 1. The summed E-state index contributed by atoms with van der Waals surface area (Å²) in [7, 11) is 0. The zero-order valence-electron chi connectivity index (χ0n) is 23.9. The van der Waals surface area contributed by atoms with Crippen molar-refractivity contribution in [1.82, 2.24) is 4.57 Å². The second-order valence-electron chi connectivity index (χ2n) is 12.8. The number of fused-ring (bicyclic) bond motifs is 2. The van der Waals surface area contributed by atoms with Crippen LogP contribution in [0.25, 0.3) is 49.7 Å². The van der Waals surface area contributed by atoms with Crippen molar-refractivity contribution in [1.29, 1.82) is 0 Å². The van der Waals surface area contributed by atoms with Crippen molar-refractivity contribution >= 4 is 21.5 Å². The van der Waals surface area contributed by atoms with Crippen molar-refractivity contribution in [2.24, 2.45) is 0 Å². The minimum atomic E-state index is 0.0569. The lowest BCUT2D eigenvalue weighted by atomic mass is 9.77. The first-order valence-corrected chi connectivity index (χ1v) is 14.0. The molecule has 0 fully saturated rings. The molecule has 0 amide bonds. The van der Waals surface area contributed by atoms with Crippen molar-refractivity contribution < 1.29 is 0 Å². The first-order chi connectivity index (χ1) is 18.6. The Labute approximate surface area is 232 Å². The van der Waals surface area contributed by atoms with Gasteiger partial charge in [0.25, 0.3) is 0 Å². The van der Waals surface area contributed by atoms with Crippen LogP contribution in [0.2, 0.25) is 0 Å². The highest BCUT2D eigenvalue weighted by Crippen LogP contribution is 2.40. The highest BCUT2D eigenvalue weighted by atomic mass is 15.0. The van der Waals surface area contributed by atoms with Gasteiger partial charge in [0.05, 0.1) is 11.4 Å². The Bertz CT molecular complexity index is 1730. The van der Waals surface area contributed by atoms with E-state index in [4.69, 9.17) is 0 Å². The normalized spacial score (nSPS) is 12.4. The zero-order valence-corrected chi connectivity index (χ0v) is 23.9. The molecule has 0 N–H and O–H groups in total. The Morgan fingerprint density at radius 2 is 0.897 bits per heavy atom. The average molecular weight is 508 g/mol. The number of rotatable bonds is 3. The third-order valence-corrected chi connectivity index (χ3v) is 7.85. The second-order valence-corrected chi connectivity index (χ2v) is 12.8. The maximum absolute atomic E-state index is 2.43. The van der Waals surface area contributed by atoms with Crippen LogP contribution in [0.15, 0.2) is 115 Å². The minimum absolute atomic E-state index is 0.0569. The van der Waals surface area contributed by atoms with Crippen molar-refractivity contribution in [3.05, 3.63) is 126 Å². The summed E-state index contributed by atoms with van der Waals surface area (Å²) in [6, 6.07) is 42.4. The first-order valence-electron chi connectivity index (χ1n) is 14.0. The van der Waals surface area contributed by atoms with E-state index in [0.717, 1.165) is 0 Å². The van der Waals surface area contributed by atoms with Crippen LogP contribution >= 0.6 is 0 Å². The molecule has 0 atom stereocenters. The largest absolute Gasteiger partial charge is 0.309 e. The molecule has 0 radical (unpaired) electrons. The maximum Gasteiger partial charge on any atom is 0.0535 e. The fraction of sp³-hybridized carbons (Fsp3) is 0.211. The SMILES string of the molecule is CC(C)(C)c1ccc(C(C)(C)C)c2cc3cc(-n4c(-c5ccccc5)ccc4-c4ccccc4)ccc3cc12.